The maximum Gasteiger partial charge on any atom is 0.255 e. The molecule has 1 aromatic carbocycles. The van der Waals surface area contributed by atoms with Crippen molar-refractivity contribution in [2.75, 3.05) is 0 Å². The Hall–Kier alpha value is -1.57. The zero-order valence-electron chi connectivity index (χ0n) is 8.92. The second kappa shape index (κ2) is 4.30. The van der Waals surface area contributed by atoms with Crippen molar-refractivity contribution in [3.05, 3.63) is 46.4 Å². The number of nitrogens with one attached hydrogen (secondary N) is 1. The van der Waals surface area contributed by atoms with Crippen molar-refractivity contribution in [1.29, 1.82) is 0 Å². The van der Waals surface area contributed by atoms with Crippen molar-refractivity contribution >= 4 is 10.8 Å². The van der Waals surface area contributed by atoms with Gasteiger partial charge in [0.05, 0.1) is 0 Å². The van der Waals surface area contributed by atoms with Gasteiger partial charge >= 0.3 is 0 Å². The quantitative estimate of drug-likeness (QED) is 0.813. The molecule has 1 N–H and O–H groups in total. The SMILES string of the molecule is CCCCc1c[nH]c(=O)c2ccccc12. The van der Waals surface area contributed by atoms with E-state index in [9.17, 15) is 4.79 Å². The van der Waals surface area contributed by atoms with E-state index in [1.807, 2.05) is 30.5 Å². The summed E-state index contributed by atoms with van der Waals surface area (Å²) in [5.74, 6) is 0. The molecule has 78 valence electrons. The number of fused-ring (bicyclic) bond motifs is 1. The van der Waals surface area contributed by atoms with E-state index in [0.717, 1.165) is 23.6 Å². The Morgan fingerprint density at radius 3 is 2.67 bits per heavy atom. The molecule has 2 rings (SSSR count). The molecule has 0 amide bonds. The fourth-order valence-corrected chi connectivity index (χ4v) is 1.84. The lowest BCUT2D eigenvalue weighted by Crippen LogP contribution is -2.06. The van der Waals surface area contributed by atoms with Crippen LogP contribution in [-0.4, -0.2) is 4.98 Å². The highest BCUT2D eigenvalue weighted by molar-refractivity contribution is 5.84. The van der Waals surface area contributed by atoms with Crippen molar-refractivity contribution in [3.63, 3.8) is 0 Å². The first-order valence-corrected chi connectivity index (χ1v) is 5.42. The third-order valence-corrected chi connectivity index (χ3v) is 2.69. The lowest BCUT2D eigenvalue weighted by atomic mass is 10.0. The Balaban J connectivity index is 2.56. The summed E-state index contributed by atoms with van der Waals surface area (Å²) in [4.78, 5) is 14.3. The van der Waals surface area contributed by atoms with Crippen LogP contribution in [0.3, 0.4) is 0 Å². The molecule has 0 saturated carbocycles. The maximum atomic E-state index is 11.5. The summed E-state index contributed by atoms with van der Waals surface area (Å²) in [7, 11) is 0. The van der Waals surface area contributed by atoms with Gasteiger partial charge in [-0.25, -0.2) is 0 Å². The first-order valence-electron chi connectivity index (χ1n) is 5.42. The van der Waals surface area contributed by atoms with Crippen LogP contribution in [0.4, 0.5) is 0 Å². The van der Waals surface area contributed by atoms with Crippen LogP contribution in [0.1, 0.15) is 25.3 Å². The van der Waals surface area contributed by atoms with Crippen molar-refractivity contribution in [2.24, 2.45) is 0 Å². The molecule has 0 unspecified atom stereocenters. The second-order valence-electron chi connectivity index (χ2n) is 3.79. The van der Waals surface area contributed by atoms with Crippen molar-refractivity contribution in [2.45, 2.75) is 26.2 Å². The van der Waals surface area contributed by atoms with Gasteiger partial charge in [0.25, 0.3) is 5.56 Å². The van der Waals surface area contributed by atoms with Crippen LogP contribution >= 0.6 is 0 Å². The van der Waals surface area contributed by atoms with E-state index in [1.165, 1.54) is 12.0 Å². The smallest absolute Gasteiger partial charge is 0.255 e. The van der Waals surface area contributed by atoms with E-state index < -0.39 is 0 Å². The summed E-state index contributed by atoms with van der Waals surface area (Å²) in [5, 5.41) is 1.89. The number of hydrogen-bond acceptors (Lipinski definition) is 1. The Morgan fingerprint density at radius 1 is 1.20 bits per heavy atom. The largest absolute Gasteiger partial charge is 0.328 e. The minimum Gasteiger partial charge on any atom is -0.328 e. The first kappa shape index (κ1) is 9.97. The average molecular weight is 201 g/mol. The Bertz CT molecular complexity index is 513. The standard InChI is InChI=1S/C13H15NO/c1-2-3-6-10-9-14-13(15)12-8-5-4-7-11(10)12/h4-5,7-9H,2-3,6H2,1H3,(H,14,15). The molecule has 2 nitrogen and oxygen atoms in total. The fourth-order valence-electron chi connectivity index (χ4n) is 1.84. The molecule has 0 saturated heterocycles. The zero-order valence-corrected chi connectivity index (χ0v) is 8.92. The summed E-state index contributed by atoms with van der Waals surface area (Å²) >= 11 is 0. The summed E-state index contributed by atoms with van der Waals surface area (Å²) in [6.45, 7) is 2.17. The van der Waals surface area contributed by atoms with Crippen LogP contribution in [0.15, 0.2) is 35.3 Å². The number of aromatic amines is 1. The van der Waals surface area contributed by atoms with Crippen LogP contribution in [0.25, 0.3) is 10.8 Å². The molecular formula is C13H15NO. The lowest BCUT2D eigenvalue weighted by Gasteiger charge is -2.04. The van der Waals surface area contributed by atoms with E-state index in [0.29, 0.717) is 0 Å². The van der Waals surface area contributed by atoms with E-state index in [1.54, 1.807) is 0 Å². The number of hydrogen-bond donors (Lipinski definition) is 1. The number of H-pyrrole nitrogens is 1. The number of aromatic nitrogens is 1. The van der Waals surface area contributed by atoms with Crippen LogP contribution in [0.5, 0.6) is 0 Å². The maximum absolute atomic E-state index is 11.5. The molecule has 2 aromatic rings. The third-order valence-electron chi connectivity index (χ3n) is 2.69. The molecule has 0 aliphatic heterocycles. The molecule has 0 fully saturated rings. The van der Waals surface area contributed by atoms with Gasteiger partial charge in [-0.15, -0.1) is 0 Å². The van der Waals surface area contributed by atoms with Crippen LogP contribution in [0, 0.1) is 0 Å². The van der Waals surface area contributed by atoms with Gasteiger partial charge in [-0.2, -0.15) is 0 Å². The minimum atomic E-state index is 0.00542. The minimum absolute atomic E-state index is 0.00542. The molecule has 0 aliphatic rings. The van der Waals surface area contributed by atoms with Gasteiger partial charge < -0.3 is 4.98 Å². The Kier molecular flexibility index (Phi) is 2.86. The van der Waals surface area contributed by atoms with Gasteiger partial charge in [0, 0.05) is 11.6 Å². The highest BCUT2D eigenvalue weighted by Gasteiger charge is 2.02. The lowest BCUT2D eigenvalue weighted by molar-refractivity contribution is 0.796. The van der Waals surface area contributed by atoms with Crippen LogP contribution in [-0.2, 0) is 6.42 Å². The molecule has 0 bridgehead atoms. The number of pyridine rings is 1. The molecule has 0 radical (unpaired) electrons. The van der Waals surface area contributed by atoms with Gasteiger partial charge in [0.15, 0.2) is 0 Å². The number of rotatable bonds is 3. The number of unbranched alkanes of at least 4 members (excludes halogenated alkanes) is 1. The van der Waals surface area contributed by atoms with Crippen LogP contribution < -0.4 is 5.56 Å². The van der Waals surface area contributed by atoms with Gasteiger partial charge in [0.1, 0.15) is 0 Å². The first-order chi connectivity index (χ1) is 7.33. The highest BCUT2D eigenvalue weighted by Crippen LogP contribution is 2.15. The second-order valence-corrected chi connectivity index (χ2v) is 3.79. The van der Waals surface area contributed by atoms with E-state index in [-0.39, 0.29) is 5.56 Å². The molecule has 15 heavy (non-hydrogen) atoms. The van der Waals surface area contributed by atoms with Gasteiger partial charge in [-0.05, 0) is 29.9 Å². The molecule has 1 heterocycles. The molecule has 0 aliphatic carbocycles. The third kappa shape index (κ3) is 1.94. The van der Waals surface area contributed by atoms with Crippen molar-refractivity contribution in [3.8, 4) is 0 Å². The number of aryl methyl sites for hydroxylation is 1. The summed E-state index contributed by atoms with van der Waals surface area (Å²) < 4.78 is 0. The number of benzene rings is 1. The van der Waals surface area contributed by atoms with E-state index in [2.05, 4.69) is 11.9 Å². The Morgan fingerprint density at radius 2 is 1.93 bits per heavy atom. The van der Waals surface area contributed by atoms with Gasteiger partial charge in [-0.1, -0.05) is 31.5 Å². The average Bonchev–Trinajstić information content (AvgIpc) is 2.29. The summed E-state index contributed by atoms with van der Waals surface area (Å²) in [6.07, 6.45) is 5.22. The fraction of sp³-hybridized carbons (Fsp3) is 0.308. The molecule has 1 aromatic heterocycles. The zero-order chi connectivity index (χ0) is 10.7. The van der Waals surface area contributed by atoms with Gasteiger partial charge in [-0.3, -0.25) is 4.79 Å². The summed E-state index contributed by atoms with van der Waals surface area (Å²) in [6, 6.07) is 7.79. The van der Waals surface area contributed by atoms with E-state index in [4.69, 9.17) is 0 Å². The van der Waals surface area contributed by atoms with Crippen LogP contribution in [0.2, 0.25) is 0 Å². The topological polar surface area (TPSA) is 32.9 Å². The predicted molar refractivity (Wildman–Crippen MR) is 63.2 cm³/mol. The Labute approximate surface area is 89.0 Å². The molecule has 2 heteroatoms. The normalized spacial score (nSPS) is 10.7. The van der Waals surface area contributed by atoms with Gasteiger partial charge in [0.2, 0.25) is 0 Å². The van der Waals surface area contributed by atoms with Crippen molar-refractivity contribution < 1.29 is 0 Å². The monoisotopic (exact) mass is 201 g/mol. The molecule has 0 atom stereocenters. The van der Waals surface area contributed by atoms with Crippen molar-refractivity contribution in [1.82, 2.24) is 4.98 Å². The molecule has 0 spiro atoms. The van der Waals surface area contributed by atoms with E-state index >= 15 is 0 Å². The highest BCUT2D eigenvalue weighted by atomic mass is 16.1. The summed E-state index contributed by atoms with van der Waals surface area (Å²) in [5.41, 5.74) is 1.25. The molecular weight excluding hydrogens is 186 g/mol. The predicted octanol–water partition coefficient (Wildman–Crippen LogP) is 2.87.